The van der Waals surface area contributed by atoms with Gasteiger partial charge in [-0.25, -0.2) is 0 Å². The monoisotopic (exact) mass is 281 g/mol. The van der Waals surface area contributed by atoms with E-state index in [1.165, 1.54) is 25.9 Å². The summed E-state index contributed by atoms with van der Waals surface area (Å²) in [7, 11) is 0. The normalized spacial score (nSPS) is 26.5. The summed E-state index contributed by atoms with van der Waals surface area (Å²) in [5.74, 6) is 1.04. The fourth-order valence-corrected chi connectivity index (χ4v) is 3.48. The Kier molecular flexibility index (Phi) is 5.85. The maximum atomic E-state index is 12.5. The number of hydrogen-bond acceptors (Lipinski definition) is 3. The van der Waals surface area contributed by atoms with Crippen molar-refractivity contribution >= 4 is 5.91 Å². The predicted molar refractivity (Wildman–Crippen MR) is 82.7 cm³/mol. The average molecular weight is 281 g/mol. The minimum absolute atomic E-state index is 0.0551. The average Bonchev–Trinajstić information content (AvgIpc) is 2.43. The van der Waals surface area contributed by atoms with Crippen LogP contribution in [0.4, 0.5) is 0 Å². The number of piperidine rings is 2. The molecule has 20 heavy (non-hydrogen) atoms. The molecular formula is C16H31N3O. The van der Waals surface area contributed by atoms with Crippen molar-refractivity contribution < 1.29 is 4.79 Å². The van der Waals surface area contributed by atoms with E-state index < -0.39 is 0 Å². The lowest BCUT2D eigenvalue weighted by molar-refractivity contribution is -0.137. The number of rotatable bonds is 5. The van der Waals surface area contributed by atoms with E-state index >= 15 is 0 Å². The lowest BCUT2D eigenvalue weighted by Gasteiger charge is -2.38. The van der Waals surface area contributed by atoms with Crippen LogP contribution in [-0.2, 0) is 4.79 Å². The Morgan fingerprint density at radius 3 is 2.50 bits per heavy atom. The summed E-state index contributed by atoms with van der Waals surface area (Å²) in [5.41, 5.74) is 0. The Morgan fingerprint density at radius 1 is 1.20 bits per heavy atom. The van der Waals surface area contributed by atoms with Gasteiger partial charge in [-0.2, -0.15) is 0 Å². The van der Waals surface area contributed by atoms with E-state index in [1.807, 2.05) is 0 Å². The summed E-state index contributed by atoms with van der Waals surface area (Å²) in [5, 5.41) is 3.42. The van der Waals surface area contributed by atoms with E-state index in [2.05, 4.69) is 35.9 Å². The summed E-state index contributed by atoms with van der Waals surface area (Å²) >= 11 is 0. The first-order valence-corrected chi connectivity index (χ1v) is 8.37. The molecule has 4 nitrogen and oxygen atoms in total. The van der Waals surface area contributed by atoms with Crippen LogP contribution in [0.25, 0.3) is 0 Å². The van der Waals surface area contributed by atoms with Crippen molar-refractivity contribution in [2.75, 3.05) is 32.7 Å². The first kappa shape index (κ1) is 15.8. The van der Waals surface area contributed by atoms with Gasteiger partial charge < -0.3 is 15.1 Å². The third kappa shape index (κ3) is 4.19. The van der Waals surface area contributed by atoms with Gasteiger partial charge in [0.2, 0.25) is 5.91 Å². The Balaban J connectivity index is 1.81. The predicted octanol–water partition coefficient (Wildman–Crippen LogP) is 1.71. The van der Waals surface area contributed by atoms with Gasteiger partial charge in [-0.05, 0) is 51.2 Å². The van der Waals surface area contributed by atoms with Gasteiger partial charge in [0.05, 0.1) is 6.04 Å². The molecule has 0 aromatic heterocycles. The van der Waals surface area contributed by atoms with E-state index in [9.17, 15) is 4.79 Å². The van der Waals surface area contributed by atoms with Gasteiger partial charge in [-0.15, -0.1) is 0 Å². The number of carbonyl (C=O) groups excluding carboxylic acids is 1. The van der Waals surface area contributed by atoms with Crippen molar-refractivity contribution in [3.05, 3.63) is 0 Å². The van der Waals surface area contributed by atoms with Crippen LogP contribution in [0.1, 0.15) is 46.5 Å². The second-order valence-electron chi connectivity index (χ2n) is 6.68. The first-order valence-electron chi connectivity index (χ1n) is 8.37. The highest BCUT2D eigenvalue weighted by atomic mass is 16.2. The zero-order valence-electron chi connectivity index (χ0n) is 13.4. The zero-order chi connectivity index (χ0) is 14.5. The third-order valence-corrected chi connectivity index (χ3v) is 4.70. The molecule has 0 aliphatic carbocycles. The number of carbonyl (C=O) groups is 1. The van der Waals surface area contributed by atoms with Crippen LogP contribution in [0.2, 0.25) is 0 Å². The minimum atomic E-state index is 0.0551. The summed E-state index contributed by atoms with van der Waals surface area (Å²) in [6.45, 7) is 12.0. The molecule has 2 aliphatic heterocycles. The number of amides is 1. The molecule has 1 atom stereocenters. The maximum absolute atomic E-state index is 12.5. The number of nitrogens with one attached hydrogen (secondary N) is 1. The molecule has 1 unspecified atom stereocenters. The molecule has 0 radical (unpaired) electrons. The molecule has 2 saturated heterocycles. The van der Waals surface area contributed by atoms with E-state index in [-0.39, 0.29) is 6.04 Å². The van der Waals surface area contributed by atoms with E-state index in [4.69, 9.17) is 0 Å². The molecule has 1 amide bonds. The minimum Gasteiger partial charge on any atom is -0.341 e. The molecule has 0 aromatic carbocycles. The Labute approximate surface area is 123 Å². The van der Waals surface area contributed by atoms with Crippen LogP contribution in [0, 0.1) is 5.92 Å². The van der Waals surface area contributed by atoms with Crippen LogP contribution in [0.15, 0.2) is 0 Å². The molecule has 2 rings (SSSR count). The Bertz CT molecular complexity index is 311. The largest absolute Gasteiger partial charge is 0.341 e. The highest BCUT2D eigenvalue weighted by molar-refractivity contribution is 5.82. The topological polar surface area (TPSA) is 35.6 Å². The highest BCUT2D eigenvalue weighted by Crippen LogP contribution is 2.21. The second kappa shape index (κ2) is 7.41. The summed E-state index contributed by atoms with van der Waals surface area (Å²) in [4.78, 5) is 17.1. The van der Waals surface area contributed by atoms with E-state index in [0.29, 0.717) is 17.9 Å². The van der Waals surface area contributed by atoms with Gasteiger partial charge in [-0.1, -0.05) is 20.8 Å². The maximum Gasteiger partial charge on any atom is 0.239 e. The number of nitrogens with zero attached hydrogens (tertiary/aromatic N) is 2. The van der Waals surface area contributed by atoms with E-state index in [1.54, 1.807) is 0 Å². The van der Waals surface area contributed by atoms with Gasteiger partial charge in [0.25, 0.3) is 0 Å². The number of hydrogen-bond donors (Lipinski definition) is 1. The van der Waals surface area contributed by atoms with E-state index in [0.717, 1.165) is 32.5 Å². The summed E-state index contributed by atoms with van der Waals surface area (Å²) in [6, 6.07) is 0.441. The molecule has 2 fully saturated rings. The van der Waals surface area contributed by atoms with Crippen LogP contribution in [0.3, 0.4) is 0 Å². The highest BCUT2D eigenvalue weighted by Gasteiger charge is 2.31. The molecule has 0 saturated carbocycles. The summed E-state index contributed by atoms with van der Waals surface area (Å²) < 4.78 is 0. The molecule has 116 valence electrons. The van der Waals surface area contributed by atoms with Crippen molar-refractivity contribution in [3.8, 4) is 0 Å². The number of likely N-dealkylation sites (tertiary alicyclic amines) is 2. The first-order chi connectivity index (χ1) is 9.60. The molecule has 0 spiro atoms. The quantitative estimate of drug-likeness (QED) is 0.833. The van der Waals surface area contributed by atoms with Crippen LogP contribution >= 0.6 is 0 Å². The second-order valence-corrected chi connectivity index (χ2v) is 6.68. The fourth-order valence-electron chi connectivity index (χ4n) is 3.48. The molecule has 0 bridgehead atoms. The van der Waals surface area contributed by atoms with Gasteiger partial charge in [-0.3, -0.25) is 4.79 Å². The van der Waals surface area contributed by atoms with Crippen LogP contribution < -0.4 is 5.32 Å². The van der Waals surface area contributed by atoms with Gasteiger partial charge in [0.1, 0.15) is 0 Å². The smallest absolute Gasteiger partial charge is 0.239 e. The standard InChI is InChI=1S/C16H31N3O/c1-4-18-10-7-14(8-11-18)12-19-9-5-6-15(16(19)20)17-13(2)3/h13-15,17H,4-12H2,1-3H3. The summed E-state index contributed by atoms with van der Waals surface area (Å²) in [6.07, 6.45) is 4.64. The Hall–Kier alpha value is -0.610. The van der Waals surface area contributed by atoms with Crippen molar-refractivity contribution in [2.24, 2.45) is 5.92 Å². The Morgan fingerprint density at radius 2 is 1.90 bits per heavy atom. The van der Waals surface area contributed by atoms with Crippen molar-refractivity contribution in [1.29, 1.82) is 0 Å². The van der Waals surface area contributed by atoms with Gasteiger partial charge >= 0.3 is 0 Å². The molecule has 2 aliphatic rings. The molecule has 0 aromatic rings. The molecular weight excluding hydrogens is 250 g/mol. The molecule has 4 heteroatoms. The van der Waals surface area contributed by atoms with Crippen LogP contribution in [-0.4, -0.2) is 60.5 Å². The SMILES string of the molecule is CCN1CCC(CN2CCCC(NC(C)C)C2=O)CC1. The zero-order valence-corrected chi connectivity index (χ0v) is 13.4. The van der Waals surface area contributed by atoms with Gasteiger partial charge in [0.15, 0.2) is 0 Å². The molecule has 1 N–H and O–H groups in total. The fraction of sp³-hybridized carbons (Fsp3) is 0.938. The third-order valence-electron chi connectivity index (χ3n) is 4.70. The molecule has 2 heterocycles. The lowest BCUT2D eigenvalue weighted by atomic mass is 9.94. The van der Waals surface area contributed by atoms with Crippen LogP contribution in [0.5, 0.6) is 0 Å². The van der Waals surface area contributed by atoms with Crippen molar-refractivity contribution in [1.82, 2.24) is 15.1 Å². The van der Waals surface area contributed by atoms with Gasteiger partial charge in [0, 0.05) is 19.1 Å². The van der Waals surface area contributed by atoms with Crippen molar-refractivity contribution in [2.45, 2.75) is 58.5 Å². The van der Waals surface area contributed by atoms with Crippen molar-refractivity contribution in [3.63, 3.8) is 0 Å². The lowest BCUT2D eigenvalue weighted by Crippen LogP contribution is -2.53.